The van der Waals surface area contributed by atoms with Crippen LogP contribution in [0.2, 0.25) is 0 Å². The summed E-state index contributed by atoms with van der Waals surface area (Å²) in [5.41, 5.74) is 9.91. The van der Waals surface area contributed by atoms with Crippen LogP contribution >= 0.6 is 0 Å². The third-order valence-electron chi connectivity index (χ3n) is 5.70. The van der Waals surface area contributed by atoms with Crippen molar-refractivity contribution in [2.75, 3.05) is 31.3 Å². The predicted octanol–water partition coefficient (Wildman–Crippen LogP) is 2.30. The molecule has 1 aliphatic rings. The van der Waals surface area contributed by atoms with E-state index in [0.29, 0.717) is 35.8 Å². The van der Waals surface area contributed by atoms with Gasteiger partial charge in [-0.3, -0.25) is 14.1 Å². The van der Waals surface area contributed by atoms with Gasteiger partial charge in [0.2, 0.25) is 5.91 Å². The lowest BCUT2D eigenvalue weighted by atomic mass is 9.92. The van der Waals surface area contributed by atoms with Crippen molar-refractivity contribution in [2.24, 2.45) is 5.73 Å². The van der Waals surface area contributed by atoms with E-state index in [1.165, 1.54) is 12.1 Å². The number of hydrogen-bond acceptors (Lipinski definition) is 5. The molecule has 3 N–H and O–H groups in total. The zero-order valence-electron chi connectivity index (χ0n) is 18.0. The summed E-state index contributed by atoms with van der Waals surface area (Å²) < 4.78 is 27.1. The van der Waals surface area contributed by atoms with Crippen LogP contribution in [-0.4, -0.2) is 57.6 Å². The molecule has 0 aliphatic carbocycles. The van der Waals surface area contributed by atoms with Gasteiger partial charge in [-0.2, -0.15) is 5.10 Å². The van der Waals surface area contributed by atoms with Crippen LogP contribution in [0.3, 0.4) is 0 Å². The average Bonchev–Trinajstić information content (AvgIpc) is 3.31. The summed E-state index contributed by atoms with van der Waals surface area (Å²) in [6.07, 6.45) is 3.79. The largest absolute Gasteiger partial charge is 0.368 e. The molecule has 2 aromatic carbocycles. The molecule has 7 nitrogen and oxygen atoms in total. The SMILES string of the molecule is CN(C)CCS(=O)c1cc(-c2cn[nH]c2)ccc1N1Cc2ccc(F)cc2C[C@H]1C(N)=O. The minimum absolute atomic E-state index is 0.301. The number of carbonyl (C=O) groups excluding carboxylic acids is 1. The van der Waals surface area contributed by atoms with E-state index in [1.807, 2.05) is 42.1 Å². The number of amides is 1. The van der Waals surface area contributed by atoms with E-state index in [4.69, 9.17) is 5.73 Å². The Morgan fingerprint density at radius 3 is 2.75 bits per heavy atom. The lowest BCUT2D eigenvalue weighted by Crippen LogP contribution is -2.49. The molecule has 0 saturated heterocycles. The normalized spacial score (nSPS) is 16.8. The number of carbonyl (C=O) groups is 1. The maximum absolute atomic E-state index is 13.8. The van der Waals surface area contributed by atoms with Crippen molar-refractivity contribution in [3.8, 4) is 11.1 Å². The van der Waals surface area contributed by atoms with Crippen molar-refractivity contribution in [3.63, 3.8) is 0 Å². The maximum Gasteiger partial charge on any atom is 0.240 e. The number of rotatable bonds is 7. The number of aromatic amines is 1. The van der Waals surface area contributed by atoms with Crippen molar-refractivity contribution in [3.05, 3.63) is 65.7 Å². The van der Waals surface area contributed by atoms with Crippen LogP contribution in [0.5, 0.6) is 0 Å². The number of hydrogen-bond donors (Lipinski definition) is 2. The fourth-order valence-electron chi connectivity index (χ4n) is 3.96. The first-order chi connectivity index (χ1) is 15.3. The van der Waals surface area contributed by atoms with E-state index in [1.54, 1.807) is 18.5 Å². The summed E-state index contributed by atoms with van der Waals surface area (Å²) in [7, 11) is 2.56. The summed E-state index contributed by atoms with van der Waals surface area (Å²) in [4.78, 5) is 16.9. The molecule has 9 heteroatoms. The molecule has 1 aromatic heterocycles. The third-order valence-corrected chi connectivity index (χ3v) is 7.07. The Bertz CT molecular complexity index is 1150. The van der Waals surface area contributed by atoms with Gasteiger partial charge in [0.05, 0.1) is 27.6 Å². The van der Waals surface area contributed by atoms with Gasteiger partial charge in [-0.05, 0) is 55.1 Å². The molecule has 0 radical (unpaired) electrons. The van der Waals surface area contributed by atoms with Gasteiger partial charge >= 0.3 is 0 Å². The molecule has 3 aromatic rings. The zero-order valence-corrected chi connectivity index (χ0v) is 18.9. The lowest BCUT2D eigenvalue weighted by Gasteiger charge is -2.38. The number of nitrogens with zero attached hydrogens (tertiary/aromatic N) is 3. The highest BCUT2D eigenvalue weighted by Crippen LogP contribution is 2.35. The number of aromatic nitrogens is 2. The Balaban J connectivity index is 1.78. The van der Waals surface area contributed by atoms with Crippen LogP contribution in [0, 0.1) is 5.82 Å². The van der Waals surface area contributed by atoms with Gasteiger partial charge in [0.15, 0.2) is 0 Å². The minimum atomic E-state index is -1.30. The first-order valence-electron chi connectivity index (χ1n) is 10.3. The highest BCUT2D eigenvalue weighted by atomic mass is 32.2. The highest BCUT2D eigenvalue weighted by Gasteiger charge is 2.32. The average molecular weight is 456 g/mol. The van der Waals surface area contributed by atoms with Crippen molar-refractivity contribution in [2.45, 2.75) is 23.9 Å². The first kappa shape index (κ1) is 22.2. The van der Waals surface area contributed by atoms with Crippen molar-refractivity contribution in [1.82, 2.24) is 15.1 Å². The van der Waals surface area contributed by atoms with E-state index >= 15 is 0 Å². The summed E-state index contributed by atoms with van der Waals surface area (Å²) in [5.74, 6) is -0.384. The van der Waals surface area contributed by atoms with Crippen LogP contribution in [0.4, 0.5) is 10.1 Å². The fourth-order valence-corrected chi connectivity index (χ4v) is 5.38. The smallest absolute Gasteiger partial charge is 0.240 e. The second kappa shape index (κ2) is 9.22. The quantitative estimate of drug-likeness (QED) is 0.570. The van der Waals surface area contributed by atoms with E-state index in [9.17, 15) is 13.4 Å². The van der Waals surface area contributed by atoms with E-state index < -0.39 is 22.7 Å². The molecule has 0 spiro atoms. The zero-order chi connectivity index (χ0) is 22.8. The molecule has 4 rings (SSSR count). The van der Waals surface area contributed by atoms with Gasteiger partial charge in [0.25, 0.3) is 0 Å². The Morgan fingerprint density at radius 2 is 2.06 bits per heavy atom. The van der Waals surface area contributed by atoms with Crippen LogP contribution in [0.1, 0.15) is 11.1 Å². The predicted molar refractivity (Wildman–Crippen MR) is 123 cm³/mol. The number of benzene rings is 2. The number of primary amides is 1. The van der Waals surface area contributed by atoms with Crippen LogP contribution in [0.15, 0.2) is 53.7 Å². The third kappa shape index (κ3) is 4.58. The van der Waals surface area contributed by atoms with Crippen LogP contribution in [0.25, 0.3) is 11.1 Å². The molecule has 1 aliphatic heterocycles. The molecule has 168 valence electrons. The molecule has 1 unspecified atom stereocenters. The van der Waals surface area contributed by atoms with Crippen molar-refractivity contribution in [1.29, 1.82) is 0 Å². The topological polar surface area (TPSA) is 95.3 Å². The number of anilines is 1. The molecule has 2 atom stereocenters. The molecular formula is C23H26FN5O2S. The summed E-state index contributed by atoms with van der Waals surface area (Å²) in [6, 6.07) is 9.65. The summed E-state index contributed by atoms with van der Waals surface area (Å²) >= 11 is 0. The molecule has 0 bridgehead atoms. The Hall–Kier alpha value is -3.04. The number of fused-ring (bicyclic) bond motifs is 1. The minimum Gasteiger partial charge on any atom is -0.368 e. The molecule has 32 heavy (non-hydrogen) atoms. The molecule has 0 fully saturated rings. The standard InChI is InChI=1S/C23H26FN5O2S/c1-28(2)7-8-32(31)22-11-15(18-12-26-27-13-18)4-6-20(22)29-14-16-3-5-19(24)9-17(16)10-21(29)23(25)30/h3-6,9,11-13,21H,7-8,10,14H2,1-2H3,(H2,25,30)(H,26,27)/t21-,32?/m0/s1. The van der Waals surface area contributed by atoms with E-state index in [-0.39, 0.29) is 5.82 Å². The highest BCUT2D eigenvalue weighted by molar-refractivity contribution is 7.85. The van der Waals surface area contributed by atoms with Gasteiger partial charge in [-0.25, -0.2) is 4.39 Å². The number of nitrogens with one attached hydrogen (secondary N) is 1. The van der Waals surface area contributed by atoms with Gasteiger partial charge in [-0.15, -0.1) is 0 Å². The Labute approximate surface area is 188 Å². The summed E-state index contributed by atoms with van der Waals surface area (Å²) in [6.45, 7) is 1.04. The second-order valence-corrected chi connectivity index (χ2v) is 9.72. The molecule has 2 heterocycles. The maximum atomic E-state index is 13.8. The van der Waals surface area contributed by atoms with Gasteiger partial charge in [0, 0.05) is 37.0 Å². The van der Waals surface area contributed by atoms with Crippen LogP contribution < -0.4 is 10.6 Å². The van der Waals surface area contributed by atoms with Crippen molar-refractivity contribution < 1.29 is 13.4 Å². The van der Waals surface area contributed by atoms with Gasteiger partial charge < -0.3 is 15.5 Å². The molecular weight excluding hydrogens is 429 g/mol. The monoisotopic (exact) mass is 455 g/mol. The summed E-state index contributed by atoms with van der Waals surface area (Å²) in [5, 5.41) is 6.80. The van der Waals surface area contributed by atoms with Crippen LogP contribution in [-0.2, 0) is 28.6 Å². The van der Waals surface area contributed by atoms with Gasteiger partial charge in [0.1, 0.15) is 11.9 Å². The number of H-pyrrole nitrogens is 1. The molecule has 0 saturated carbocycles. The Kier molecular flexibility index (Phi) is 6.38. The fraction of sp³-hybridized carbons (Fsp3) is 0.304. The van der Waals surface area contributed by atoms with E-state index in [0.717, 1.165) is 22.3 Å². The second-order valence-electron chi connectivity index (χ2n) is 8.19. The number of nitrogens with two attached hydrogens (primary N) is 1. The first-order valence-corrected chi connectivity index (χ1v) is 11.6. The van der Waals surface area contributed by atoms with E-state index in [2.05, 4.69) is 10.2 Å². The lowest BCUT2D eigenvalue weighted by molar-refractivity contribution is -0.119. The van der Waals surface area contributed by atoms with Crippen molar-refractivity contribution >= 4 is 22.4 Å². The van der Waals surface area contributed by atoms with Gasteiger partial charge in [-0.1, -0.05) is 12.1 Å². The number of halogens is 1. The molecule has 1 amide bonds. The Morgan fingerprint density at radius 1 is 1.25 bits per heavy atom.